The standard InChI is InChI=1S/C28H28N6O2/c1-2-36-24-13-12-21-10-6-7-11-22(21)25(24)28(35)30-16-17-34-27-23(18-33-34)26(31-19-32-27)29-15-14-20-8-4-3-5-9-20/h3-13,18-19H,2,14-17H2,1H3,(H,30,35)(H,29,31,32). The molecule has 0 radical (unpaired) electrons. The fraction of sp³-hybridized carbons (Fsp3) is 0.214. The maximum atomic E-state index is 13.2. The number of fused-ring (bicyclic) bond motifs is 2. The van der Waals surface area contributed by atoms with E-state index in [4.69, 9.17) is 4.74 Å². The Hall–Kier alpha value is -4.46. The van der Waals surface area contributed by atoms with Crippen molar-refractivity contribution in [3.8, 4) is 5.75 Å². The number of nitrogens with one attached hydrogen (secondary N) is 2. The summed E-state index contributed by atoms with van der Waals surface area (Å²) in [7, 11) is 0. The molecular formula is C28H28N6O2. The monoisotopic (exact) mass is 480 g/mol. The summed E-state index contributed by atoms with van der Waals surface area (Å²) < 4.78 is 7.53. The zero-order valence-electron chi connectivity index (χ0n) is 20.1. The van der Waals surface area contributed by atoms with E-state index in [1.807, 2.05) is 61.5 Å². The molecule has 1 amide bonds. The van der Waals surface area contributed by atoms with Crippen molar-refractivity contribution in [2.75, 3.05) is 25.0 Å². The van der Waals surface area contributed by atoms with E-state index >= 15 is 0 Å². The second kappa shape index (κ2) is 10.9. The minimum Gasteiger partial charge on any atom is -0.493 e. The van der Waals surface area contributed by atoms with Gasteiger partial charge in [0.25, 0.3) is 5.91 Å². The highest BCUT2D eigenvalue weighted by Gasteiger charge is 2.17. The van der Waals surface area contributed by atoms with Gasteiger partial charge in [0.2, 0.25) is 0 Å². The lowest BCUT2D eigenvalue weighted by atomic mass is 10.0. The Morgan fingerprint density at radius 2 is 1.78 bits per heavy atom. The number of amides is 1. The largest absolute Gasteiger partial charge is 0.493 e. The molecule has 36 heavy (non-hydrogen) atoms. The molecule has 2 N–H and O–H groups in total. The highest BCUT2D eigenvalue weighted by Crippen LogP contribution is 2.28. The third-order valence-corrected chi connectivity index (χ3v) is 6.01. The van der Waals surface area contributed by atoms with Crippen LogP contribution in [0.4, 0.5) is 5.82 Å². The van der Waals surface area contributed by atoms with Crippen LogP contribution in [0.15, 0.2) is 79.3 Å². The van der Waals surface area contributed by atoms with Crippen LogP contribution in [0.1, 0.15) is 22.8 Å². The number of benzene rings is 3. The van der Waals surface area contributed by atoms with Crippen LogP contribution < -0.4 is 15.4 Å². The summed E-state index contributed by atoms with van der Waals surface area (Å²) >= 11 is 0. The third-order valence-electron chi connectivity index (χ3n) is 6.01. The number of carbonyl (C=O) groups is 1. The van der Waals surface area contributed by atoms with Crippen molar-refractivity contribution in [2.45, 2.75) is 19.9 Å². The molecule has 0 saturated heterocycles. The Bertz CT molecular complexity index is 1480. The maximum Gasteiger partial charge on any atom is 0.255 e. The topological polar surface area (TPSA) is 94.0 Å². The average molecular weight is 481 g/mol. The quantitative estimate of drug-likeness (QED) is 0.307. The van der Waals surface area contributed by atoms with E-state index < -0.39 is 0 Å². The zero-order valence-corrected chi connectivity index (χ0v) is 20.1. The van der Waals surface area contributed by atoms with Gasteiger partial charge in [-0.15, -0.1) is 0 Å². The van der Waals surface area contributed by atoms with Crippen molar-refractivity contribution in [3.63, 3.8) is 0 Å². The van der Waals surface area contributed by atoms with Crippen LogP contribution in [0.25, 0.3) is 21.8 Å². The van der Waals surface area contributed by atoms with Crippen LogP contribution >= 0.6 is 0 Å². The van der Waals surface area contributed by atoms with E-state index in [9.17, 15) is 4.79 Å². The minimum atomic E-state index is -0.176. The molecular weight excluding hydrogens is 452 g/mol. The van der Waals surface area contributed by atoms with Crippen molar-refractivity contribution in [1.82, 2.24) is 25.1 Å². The number of hydrogen-bond acceptors (Lipinski definition) is 6. The first-order valence-electron chi connectivity index (χ1n) is 12.1. The van der Waals surface area contributed by atoms with Gasteiger partial charge in [0, 0.05) is 13.1 Å². The molecule has 0 atom stereocenters. The van der Waals surface area contributed by atoms with Crippen molar-refractivity contribution < 1.29 is 9.53 Å². The van der Waals surface area contributed by atoms with Crippen molar-refractivity contribution in [3.05, 3.63) is 90.4 Å². The summed E-state index contributed by atoms with van der Waals surface area (Å²) in [4.78, 5) is 22.0. The lowest BCUT2D eigenvalue weighted by molar-refractivity contribution is 0.0950. The number of nitrogens with zero attached hydrogens (tertiary/aromatic N) is 4. The molecule has 0 bridgehead atoms. The van der Waals surface area contributed by atoms with Crippen LogP contribution in [0.2, 0.25) is 0 Å². The molecule has 3 aromatic carbocycles. The van der Waals surface area contributed by atoms with Crippen molar-refractivity contribution in [1.29, 1.82) is 0 Å². The van der Waals surface area contributed by atoms with Crippen LogP contribution in [0.5, 0.6) is 5.75 Å². The SMILES string of the molecule is CCOc1ccc2ccccc2c1C(=O)NCCn1ncc2c(NCCc3ccccc3)ncnc21. The van der Waals surface area contributed by atoms with Gasteiger partial charge in [0.1, 0.15) is 17.9 Å². The number of anilines is 1. The zero-order chi connectivity index (χ0) is 24.7. The van der Waals surface area contributed by atoms with Gasteiger partial charge < -0.3 is 15.4 Å². The fourth-order valence-electron chi connectivity index (χ4n) is 4.29. The molecule has 182 valence electrons. The van der Waals surface area contributed by atoms with Gasteiger partial charge in [-0.3, -0.25) is 4.79 Å². The molecule has 2 heterocycles. The van der Waals surface area contributed by atoms with Gasteiger partial charge in [-0.25, -0.2) is 14.6 Å². The number of carbonyl (C=O) groups excluding carboxylic acids is 1. The number of rotatable bonds is 10. The molecule has 5 aromatic rings. The first-order valence-corrected chi connectivity index (χ1v) is 12.1. The van der Waals surface area contributed by atoms with Crippen LogP contribution in [-0.4, -0.2) is 45.4 Å². The maximum absolute atomic E-state index is 13.2. The summed E-state index contributed by atoms with van der Waals surface area (Å²) in [6.07, 6.45) is 4.19. The molecule has 0 unspecified atom stereocenters. The normalized spacial score (nSPS) is 11.0. The summed E-state index contributed by atoms with van der Waals surface area (Å²) in [5, 5.41) is 13.6. The average Bonchev–Trinajstić information content (AvgIpc) is 3.33. The lowest BCUT2D eigenvalue weighted by Gasteiger charge is -2.13. The first kappa shape index (κ1) is 23.3. The number of hydrogen-bond donors (Lipinski definition) is 2. The van der Waals surface area contributed by atoms with E-state index in [2.05, 4.69) is 37.8 Å². The van der Waals surface area contributed by atoms with Gasteiger partial charge >= 0.3 is 0 Å². The predicted octanol–water partition coefficient (Wildman–Crippen LogP) is 4.46. The Morgan fingerprint density at radius 3 is 2.64 bits per heavy atom. The minimum absolute atomic E-state index is 0.176. The Labute approximate surface area is 209 Å². The molecule has 0 aliphatic heterocycles. The molecule has 5 rings (SSSR count). The molecule has 0 spiro atoms. The number of aromatic nitrogens is 4. The van der Waals surface area contributed by atoms with E-state index in [1.165, 1.54) is 11.9 Å². The van der Waals surface area contributed by atoms with Crippen LogP contribution in [0, 0.1) is 0 Å². The fourth-order valence-corrected chi connectivity index (χ4v) is 4.29. The number of ether oxygens (including phenoxy) is 1. The van der Waals surface area contributed by atoms with Crippen molar-refractivity contribution >= 4 is 33.5 Å². The Balaban J connectivity index is 1.26. The molecule has 0 saturated carbocycles. The molecule has 8 nitrogen and oxygen atoms in total. The molecule has 0 aliphatic rings. The second-order valence-electron chi connectivity index (χ2n) is 8.34. The predicted molar refractivity (Wildman–Crippen MR) is 141 cm³/mol. The lowest BCUT2D eigenvalue weighted by Crippen LogP contribution is -2.28. The summed E-state index contributed by atoms with van der Waals surface area (Å²) in [5.41, 5.74) is 2.54. The highest BCUT2D eigenvalue weighted by molar-refractivity contribution is 6.09. The summed E-state index contributed by atoms with van der Waals surface area (Å²) in [5.74, 6) is 1.16. The summed E-state index contributed by atoms with van der Waals surface area (Å²) in [6, 6.07) is 22.0. The van der Waals surface area contributed by atoms with Gasteiger partial charge in [0.15, 0.2) is 5.65 Å². The summed E-state index contributed by atoms with van der Waals surface area (Å²) in [6.45, 7) is 4.02. The Kier molecular flexibility index (Phi) is 7.02. The van der Waals surface area contributed by atoms with E-state index in [-0.39, 0.29) is 5.91 Å². The molecule has 0 aliphatic carbocycles. The van der Waals surface area contributed by atoms with Gasteiger partial charge in [0.05, 0.1) is 30.3 Å². The van der Waals surface area contributed by atoms with Gasteiger partial charge in [-0.05, 0) is 35.7 Å². The molecule has 0 fully saturated rings. The highest BCUT2D eigenvalue weighted by atomic mass is 16.5. The van der Waals surface area contributed by atoms with Gasteiger partial charge in [-0.2, -0.15) is 5.10 Å². The smallest absolute Gasteiger partial charge is 0.255 e. The second-order valence-corrected chi connectivity index (χ2v) is 8.34. The van der Waals surface area contributed by atoms with Crippen molar-refractivity contribution in [2.24, 2.45) is 0 Å². The first-order chi connectivity index (χ1) is 17.7. The van der Waals surface area contributed by atoms with Gasteiger partial charge in [-0.1, -0.05) is 60.7 Å². The molecule has 8 heteroatoms. The molecule has 2 aromatic heterocycles. The van der Waals surface area contributed by atoms with E-state index in [1.54, 1.807) is 10.9 Å². The van der Waals surface area contributed by atoms with Crippen LogP contribution in [-0.2, 0) is 13.0 Å². The van der Waals surface area contributed by atoms with E-state index in [0.717, 1.165) is 40.6 Å². The Morgan fingerprint density at radius 1 is 0.944 bits per heavy atom. The third kappa shape index (κ3) is 4.98. The van der Waals surface area contributed by atoms with Crippen LogP contribution in [0.3, 0.4) is 0 Å². The van der Waals surface area contributed by atoms with E-state index in [0.29, 0.717) is 31.0 Å².